The van der Waals surface area contributed by atoms with Gasteiger partial charge in [0.1, 0.15) is 12.6 Å². The van der Waals surface area contributed by atoms with E-state index in [9.17, 15) is 18.0 Å². The fraction of sp³-hybridized carbons (Fsp3) is 0.333. The van der Waals surface area contributed by atoms with E-state index in [2.05, 4.69) is 5.32 Å². The first-order valence-corrected chi connectivity index (χ1v) is 16.5. The molecule has 0 heterocycles. The van der Waals surface area contributed by atoms with E-state index in [0.717, 1.165) is 30.0 Å². The molecule has 1 saturated carbocycles. The number of nitrogens with zero attached hydrogens (tertiary/aromatic N) is 2. The molecular weight excluding hydrogens is 640 g/mol. The lowest BCUT2D eigenvalue weighted by molar-refractivity contribution is -0.140. The molecule has 7 nitrogen and oxygen atoms in total. The van der Waals surface area contributed by atoms with Crippen LogP contribution in [0.4, 0.5) is 5.69 Å². The predicted octanol–water partition coefficient (Wildman–Crippen LogP) is 7.36. The lowest BCUT2D eigenvalue weighted by Crippen LogP contribution is -2.53. The minimum Gasteiger partial charge on any atom is -0.352 e. The largest absolute Gasteiger partial charge is 0.352 e. The summed E-state index contributed by atoms with van der Waals surface area (Å²) in [7, 11) is -4.28. The Bertz CT molecular complexity index is 1530. The molecule has 3 aromatic rings. The summed E-state index contributed by atoms with van der Waals surface area (Å²) in [4.78, 5) is 29.1. The minimum atomic E-state index is -4.28. The maximum Gasteiger partial charge on any atom is 0.264 e. The van der Waals surface area contributed by atoms with E-state index in [1.165, 1.54) is 35.2 Å². The van der Waals surface area contributed by atoms with Crippen molar-refractivity contribution in [2.45, 2.75) is 62.6 Å². The molecule has 4 rings (SSSR count). The van der Waals surface area contributed by atoms with Crippen molar-refractivity contribution in [2.24, 2.45) is 0 Å². The van der Waals surface area contributed by atoms with E-state index >= 15 is 0 Å². The normalized spacial score (nSPS) is 14.4. The first kappa shape index (κ1) is 32.4. The third-order valence-corrected chi connectivity index (χ3v) is 10.1. The minimum absolute atomic E-state index is 0.0304. The zero-order valence-electron chi connectivity index (χ0n) is 22.9. The summed E-state index contributed by atoms with van der Waals surface area (Å²) >= 11 is 25.3. The molecule has 1 fully saturated rings. The highest BCUT2D eigenvalue weighted by Gasteiger charge is 2.35. The molecule has 0 saturated heterocycles. The van der Waals surface area contributed by atoms with E-state index in [1.807, 2.05) is 0 Å². The monoisotopic (exact) mass is 669 g/mol. The molecule has 1 aliphatic rings. The van der Waals surface area contributed by atoms with Crippen LogP contribution in [0.1, 0.15) is 44.6 Å². The van der Waals surface area contributed by atoms with Gasteiger partial charge in [0.25, 0.3) is 10.0 Å². The smallest absolute Gasteiger partial charge is 0.264 e. The zero-order chi connectivity index (χ0) is 30.4. The predicted molar refractivity (Wildman–Crippen MR) is 169 cm³/mol. The number of rotatable bonds is 11. The number of hydrogen-bond donors (Lipinski definition) is 1. The lowest BCUT2D eigenvalue weighted by Gasteiger charge is -2.34. The molecule has 0 radical (unpaired) electrons. The van der Waals surface area contributed by atoms with Crippen molar-refractivity contribution in [2.75, 3.05) is 10.8 Å². The third kappa shape index (κ3) is 7.71. The van der Waals surface area contributed by atoms with Crippen molar-refractivity contribution < 1.29 is 18.0 Å². The summed E-state index contributed by atoms with van der Waals surface area (Å²) in [5.74, 6) is -0.925. The molecule has 1 unspecified atom stereocenters. The zero-order valence-corrected chi connectivity index (χ0v) is 26.7. The molecular formula is C30H31Cl4N3O4S. The molecule has 3 aromatic carbocycles. The Balaban J connectivity index is 1.76. The second-order valence-corrected chi connectivity index (χ2v) is 13.6. The van der Waals surface area contributed by atoms with Gasteiger partial charge < -0.3 is 10.2 Å². The Hall–Kier alpha value is -2.49. The molecule has 0 spiro atoms. The maximum atomic E-state index is 14.2. The highest BCUT2D eigenvalue weighted by atomic mass is 35.5. The fourth-order valence-corrected chi connectivity index (χ4v) is 7.38. The fourth-order valence-electron chi connectivity index (χ4n) is 5.03. The second kappa shape index (κ2) is 14.3. The van der Waals surface area contributed by atoms with Crippen LogP contribution in [0.25, 0.3) is 0 Å². The Morgan fingerprint density at radius 1 is 0.905 bits per heavy atom. The first-order valence-electron chi connectivity index (χ1n) is 13.6. The summed E-state index contributed by atoms with van der Waals surface area (Å²) in [6.07, 6.45) is 4.08. The number of nitrogens with one attached hydrogen (secondary N) is 1. The number of anilines is 1. The van der Waals surface area contributed by atoms with Crippen molar-refractivity contribution in [1.82, 2.24) is 10.2 Å². The molecule has 1 aliphatic carbocycles. The molecule has 2 amide bonds. The first-order chi connectivity index (χ1) is 20.0. The molecule has 0 aliphatic heterocycles. The van der Waals surface area contributed by atoms with E-state index in [4.69, 9.17) is 46.4 Å². The van der Waals surface area contributed by atoms with Gasteiger partial charge >= 0.3 is 0 Å². The lowest BCUT2D eigenvalue weighted by atomic mass is 10.1. The van der Waals surface area contributed by atoms with Crippen LogP contribution < -0.4 is 9.62 Å². The summed E-state index contributed by atoms with van der Waals surface area (Å²) < 4.78 is 28.8. The van der Waals surface area contributed by atoms with E-state index < -0.39 is 28.5 Å². The second-order valence-electron chi connectivity index (χ2n) is 10.1. The van der Waals surface area contributed by atoms with Crippen LogP contribution in [-0.2, 0) is 26.2 Å². The van der Waals surface area contributed by atoms with Crippen molar-refractivity contribution in [3.8, 4) is 0 Å². The molecule has 0 bridgehead atoms. The average molecular weight is 671 g/mol. The number of carbonyl (C=O) groups excluding carboxylic acids is 2. The number of sulfonamides is 1. The van der Waals surface area contributed by atoms with Gasteiger partial charge in [-0.25, -0.2) is 8.42 Å². The van der Waals surface area contributed by atoms with Crippen LogP contribution in [0.15, 0.2) is 71.6 Å². The quantitative estimate of drug-likeness (QED) is 0.231. The van der Waals surface area contributed by atoms with Gasteiger partial charge in [-0.1, -0.05) is 90.4 Å². The molecule has 224 valence electrons. The summed E-state index contributed by atoms with van der Waals surface area (Å²) in [5, 5.41) is 4.14. The van der Waals surface area contributed by atoms with Crippen LogP contribution in [-0.4, -0.2) is 43.8 Å². The third-order valence-electron chi connectivity index (χ3n) is 7.23. The van der Waals surface area contributed by atoms with E-state index in [1.54, 1.807) is 43.3 Å². The SMILES string of the molecule is CCC(C(=O)NC1CCCC1)N(Cc1ccc(Cl)cc1Cl)C(=O)CN(c1cc(Cl)ccc1Cl)S(=O)(=O)c1ccccc1. The van der Waals surface area contributed by atoms with Crippen LogP contribution in [0.3, 0.4) is 0 Å². The Labute approximate surface area is 266 Å². The number of carbonyl (C=O) groups is 2. The standard InChI is InChI=1S/C30H31Cl4N3O4S/c1-2-27(30(39)35-23-8-6-7-9-23)36(18-20-12-13-21(31)16-26(20)34)29(38)19-37(28-17-22(32)14-15-25(28)33)42(40,41)24-10-4-3-5-11-24/h3-5,10-17,23,27H,2,6-9,18-19H2,1H3,(H,35,39). The van der Waals surface area contributed by atoms with Gasteiger partial charge in [0.05, 0.1) is 15.6 Å². The van der Waals surface area contributed by atoms with Gasteiger partial charge in [0.2, 0.25) is 11.8 Å². The molecule has 42 heavy (non-hydrogen) atoms. The molecule has 1 atom stereocenters. The van der Waals surface area contributed by atoms with Gasteiger partial charge in [0, 0.05) is 27.7 Å². The van der Waals surface area contributed by atoms with Crippen LogP contribution in [0, 0.1) is 0 Å². The van der Waals surface area contributed by atoms with E-state index in [-0.39, 0.29) is 39.1 Å². The number of halogens is 4. The van der Waals surface area contributed by atoms with Gasteiger partial charge in [-0.15, -0.1) is 0 Å². The molecule has 12 heteroatoms. The molecule has 1 N–H and O–H groups in total. The van der Waals surface area contributed by atoms with Crippen molar-refractivity contribution in [3.05, 3.63) is 92.4 Å². The molecule has 0 aromatic heterocycles. The number of benzene rings is 3. The Kier molecular flexibility index (Phi) is 11.1. The summed E-state index contributed by atoms with van der Waals surface area (Å²) in [5.41, 5.74) is 0.592. The van der Waals surface area contributed by atoms with Gasteiger partial charge in [-0.2, -0.15) is 0 Å². The van der Waals surface area contributed by atoms with Crippen molar-refractivity contribution >= 4 is 73.9 Å². The Morgan fingerprint density at radius 2 is 1.55 bits per heavy atom. The Morgan fingerprint density at radius 3 is 2.19 bits per heavy atom. The van der Waals surface area contributed by atoms with Gasteiger partial charge in [0.15, 0.2) is 0 Å². The highest BCUT2D eigenvalue weighted by Crippen LogP contribution is 2.33. The highest BCUT2D eigenvalue weighted by molar-refractivity contribution is 7.92. The summed E-state index contributed by atoms with van der Waals surface area (Å²) in [6, 6.07) is 16.1. The van der Waals surface area contributed by atoms with E-state index in [0.29, 0.717) is 22.0 Å². The van der Waals surface area contributed by atoms with Crippen molar-refractivity contribution in [1.29, 1.82) is 0 Å². The topological polar surface area (TPSA) is 86.8 Å². The summed E-state index contributed by atoms with van der Waals surface area (Å²) in [6.45, 7) is 1.11. The number of amides is 2. The van der Waals surface area contributed by atoms with Crippen LogP contribution in [0.5, 0.6) is 0 Å². The van der Waals surface area contributed by atoms with Crippen LogP contribution >= 0.6 is 46.4 Å². The van der Waals surface area contributed by atoms with Gasteiger partial charge in [-0.05, 0) is 67.3 Å². The maximum absolute atomic E-state index is 14.2. The average Bonchev–Trinajstić information content (AvgIpc) is 3.47. The van der Waals surface area contributed by atoms with Crippen molar-refractivity contribution in [3.63, 3.8) is 0 Å². The van der Waals surface area contributed by atoms with Crippen LogP contribution in [0.2, 0.25) is 20.1 Å². The van der Waals surface area contributed by atoms with Gasteiger partial charge in [-0.3, -0.25) is 13.9 Å². The number of hydrogen-bond acceptors (Lipinski definition) is 4.